The van der Waals surface area contributed by atoms with Crippen molar-refractivity contribution in [1.82, 2.24) is 29.8 Å². The number of ether oxygens (including phenoxy) is 5. The Morgan fingerprint density at radius 2 is 1.90 bits per heavy atom. The first-order valence-electron chi connectivity index (χ1n) is 25.2. The molecule has 4 aromatic rings. The SMILES string of the molecule is CCO[C@@H]1c2nc(cs2)-c2ccc3c(c2)c(c(-c2cc([C@@H]4CCN5CCOC[C@@H]5C4)cnc2[C@H](C)OC)n3CCOC(C)C)CC(C)(C)COC(=O)C2=NN(CCC2)C(=O)[C@H]1NC(=O)C1[C@@H](C)[C@H]1C. The summed E-state index contributed by atoms with van der Waals surface area (Å²) in [4.78, 5) is 55.6. The largest absolute Gasteiger partial charge is 0.461 e. The van der Waals surface area contributed by atoms with Crippen LogP contribution in [0, 0.1) is 23.2 Å². The van der Waals surface area contributed by atoms with E-state index in [0.29, 0.717) is 49.4 Å². The number of esters is 1. The van der Waals surface area contributed by atoms with E-state index in [0.717, 1.165) is 83.8 Å². The maximum absolute atomic E-state index is 14.7. The van der Waals surface area contributed by atoms with Crippen LogP contribution in [0.3, 0.4) is 0 Å². The molecule has 0 spiro atoms. The first-order valence-corrected chi connectivity index (χ1v) is 26.1. The van der Waals surface area contributed by atoms with Gasteiger partial charge in [0.15, 0.2) is 0 Å². The van der Waals surface area contributed by atoms with E-state index in [4.69, 9.17) is 33.7 Å². The summed E-state index contributed by atoms with van der Waals surface area (Å²) in [5, 5.41) is 12.6. The molecule has 5 aliphatic rings. The number of cyclic esters (lactones) is 1. The zero-order chi connectivity index (χ0) is 48.7. The van der Waals surface area contributed by atoms with E-state index >= 15 is 0 Å². The topological polar surface area (TPSA) is 159 Å². The molecule has 69 heavy (non-hydrogen) atoms. The number of thiazole rings is 1. The third-order valence-electron chi connectivity index (χ3n) is 15.2. The van der Waals surface area contributed by atoms with Crippen molar-refractivity contribution < 1.29 is 38.1 Å². The monoisotopic (exact) mass is 966 g/mol. The number of hydrogen-bond donors (Lipinski definition) is 1. The van der Waals surface area contributed by atoms with Crippen molar-refractivity contribution in [3.63, 3.8) is 0 Å². The highest BCUT2D eigenvalue weighted by molar-refractivity contribution is 7.10. The van der Waals surface area contributed by atoms with Gasteiger partial charge in [0, 0.05) is 90.8 Å². The number of methoxy groups -OCH3 is 1. The van der Waals surface area contributed by atoms with Crippen LogP contribution in [-0.4, -0.2) is 126 Å². The third kappa shape index (κ3) is 10.3. The molecule has 15 nitrogen and oxygen atoms in total. The Hall–Kier alpha value is -4.58. The molecule has 372 valence electrons. The molecule has 3 fully saturated rings. The summed E-state index contributed by atoms with van der Waals surface area (Å²) < 4.78 is 33.3. The van der Waals surface area contributed by atoms with Crippen LogP contribution in [0.5, 0.6) is 0 Å². The van der Waals surface area contributed by atoms with Gasteiger partial charge in [-0.15, -0.1) is 11.3 Å². The van der Waals surface area contributed by atoms with Gasteiger partial charge in [-0.2, -0.15) is 5.10 Å². The fourth-order valence-corrected chi connectivity index (χ4v) is 11.9. The van der Waals surface area contributed by atoms with Crippen molar-refractivity contribution in [3.05, 3.63) is 57.7 Å². The highest BCUT2D eigenvalue weighted by Gasteiger charge is 2.50. The fraction of sp³-hybridized carbons (Fsp3) is 0.623. The molecule has 7 heterocycles. The highest BCUT2D eigenvalue weighted by Crippen LogP contribution is 2.47. The molecule has 1 saturated carbocycles. The maximum Gasteiger partial charge on any atom is 0.354 e. The van der Waals surface area contributed by atoms with Crippen LogP contribution in [0.2, 0.25) is 0 Å². The van der Waals surface area contributed by atoms with Crippen molar-refractivity contribution in [2.45, 2.75) is 130 Å². The normalized spacial score (nSPS) is 26.8. The number of pyridine rings is 1. The molecule has 3 aromatic heterocycles. The Morgan fingerprint density at radius 1 is 1.09 bits per heavy atom. The number of fused-ring (bicyclic) bond motifs is 6. The molecular formula is C53H71N7O8S. The van der Waals surface area contributed by atoms with Gasteiger partial charge in [0.2, 0.25) is 5.91 Å². The first-order chi connectivity index (χ1) is 33.2. The summed E-state index contributed by atoms with van der Waals surface area (Å²) >= 11 is 1.40. The van der Waals surface area contributed by atoms with Gasteiger partial charge in [0.05, 0.1) is 55.7 Å². The van der Waals surface area contributed by atoms with Gasteiger partial charge in [-0.05, 0) is 107 Å². The van der Waals surface area contributed by atoms with Crippen molar-refractivity contribution in [1.29, 1.82) is 0 Å². The lowest BCUT2D eigenvalue weighted by molar-refractivity contribution is -0.142. The van der Waals surface area contributed by atoms with Crippen molar-refractivity contribution in [2.24, 2.45) is 28.3 Å². The standard InChI is InChI=1S/C53H71N7O8S/c1-10-66-48-46(56-49(61)44-31(4)32(44)5)51(62)60-16-11-12-41(57-60)52(63)68-29-53(7,8)25-40-38-23-35(42-28-69-50(48)55-42)13-14-43(38)59(19-21-67-30(2)3)47(40)39-24-36(26-54-45(39)33(6)64-9)34-15-17-58-18-20-65-27-37(58)22-34/h13-14,23-24,26,28,30-34,37,44,46,48H,10-12,15-22,25,27,29H2,1-9H3,(H,56,61)/t31-,32+,33-,34+,37-,44?,46-,48-/m0/s1. The Bertz CT molecular complexity index is 2560. The van der Waals surface area contributed by atoms with Gasteiger partial charge < -0.3 is 33.6 Å². The number of morpholine rings is 1. The van der Waals surface area contributed by atoms with E-state index in [1.165, 1.54) is 21.9 Å². The molecule has 6 bridgehead atoms. The maximum atomic E-state index is 14.7. The minimum absolute atomic E-state index is 0.0407. The second-order valence-corrected chi connectivity index (χ2v) is 21.8. The summed E-state index contributed by atoms with van der Waals surface area (Å²) in [5.41, 5.74) is 7.45. The average Bonchev–Trinajstić information content (AvgIpc) is 3.60. The molecule has 2 saturated heterocycles. The molecule has 8 atom stereocenters. The second-order valence-electron chi connectivity index (χ2n) is 20.9. The van der Waals surface area contributed by atoms with E-state index in [-0.39, 0.29) is 61.3 Å². The number of benzene rings is 1. The Labute approximate surface area is 410 Å². The third-order valence-corrected chi connectivity index (χ3v) is 16.1. The highest BCUT2D eigenvalue weighted by atomic mass is 32.1. The molecule has 1 aromatic carbocycles. The first kappa shape index (κ1) is 49.4. The van der Waals surface area contributed by atoms with Gasteiger partial charge in [-0.25, -0.2) is 14.8 Å². The van der Waals surface area contributed by atoms with Crippen LogP contribution in [0.25, 0.3) is 33.4 Å². The van der Waals surface area contributed by atoms with Gasteiger partial charge in [-0.3, -0.25) is 19.5 Å². The van der Waals surface area contributed by atoms with Crippen molar-refractivity contribution >= 4 is 45.7 Å². The summed E-state index contributed by atoms with van der Waals surface area (Å²) in [7, 11) is 1.73. The van der Waals surface area contributed by atoms with Crippen LogP contribution >= 0.6 is 11.3 Å². The van der Waals surface area contributed by atoms with Gasteiger partial charge in [-0.1, -0.05) is 33.8 Å². The van der Waals surface area contributed by atoms with E-state index in [2.05, 4.69) is 85.0 Å². The van der Waals surface area contributed by atoms with Gasteiger partial charge in [0.1, 0.15) is 22.9 Å². The smallest absolute Gasteiger partial charge is 0.354 e. The molecule has 4 aliphatic heterocycles. The van der Waals surface area contributed by atoms with E-state index in [9.17, 15) is 14.4 Å². The lowest BCUT2D eigenvalue weighted by Gasteiger charge is -2.42. The number of hydrogen-bond acceptors (Lipinski definition) is 13. The van der Waals surface area contributed by atoms with E-state index < -0.39 is 29.4 Å². The lowest BCUT2D eigenvalue weighted by Crippen LogP contribution is -2.52. The minimum Gasteiger partial charge on any atom is -0.461 e. The molecule has 9 rings (SSSR count). The number of carbonyl (C=O) groups excluding carboxylic acids is 3. The Kier molecular flexibility index (Phi) is 14.8. The molecular weight excluding hydrogens is 895 g/mol. The average molecular weight is 966 g/mol. The van der Waals surface area contributed by atoms with E-state index in [1.54, 1.807) is 7.11 Å². The van der Waals surface area contributed by atoms with Crippen LogP contribution in [0.1, 0.15) is 121 Å². The molecule has 1 aliphatic carbocycles. The van der Waals surface area contributed by atoms with Gasteiger partial charge in [0.25, 0.3) is 5.91 Å². The number of nitrogens with zero attached hydrogens (tertiary/aromatic N) is 6. The summed E-state index contributed by atoms with van der Waals surface area (Å²) in [6, 6.07) is 8.10. The van der Waals surface area contributed by atoms with Crippen molar-refractivity contribution in [2.75, 3.05) is 59.8 Å². The summed E-state index contributed by atoms with van der Waals surface area (Å²) in [6.07, 6.45) is 4.34. The van der Waals surface area contributed by atoms with Crippen LogP contribution < -0.4 is 5.32 Å². The number of piperidine rings is 1. The number of amides is 2. The quantitative estimate of drug-likeness (QED) is 0.137. The minimum atomic E-state index is -1.14. The van der Waals surface area contributed by atoms with Crippen LogP contribution in [0.15, 0.2) is 40.9 Å². The van der Waals surface area contributed by atoms with Gasteiger partial charge >= 0.3 is 5.97 Å². The predicted molar refractivity (Wildman–Crippen MR) is 266 cm³/mol. The zero-order valence-corrected chi connectivity index (χ0v) is 42.7. The molecule has 2 amide bonds. The molecule has 16 heteroatoms. The number of hydrazone groups is 1. The zero-order valence-electron chi connectivity index (χ0n) is 41.9. The summed E-state index contributed by atoms with van der Waals surface area (Å²) in [6.45, 7) is 21.6. The molecule has 0 radical (unpaired) electrons. The molecule has 1 unspecified atom stereocenters. The number of nitrogens with one attached hydrogen (secondary N) is 1. The van der Waals surface area contributed by atoms with Crippen molar-refractivity contribution in [3.8, 4) is 22.5 Å². The predicted octanol–water partition coefficient (Wildman–Crippen LogP) is 8.11. The van der Waals surface area contributed by atoms with Crippen LogP contribution in [0.4, 0.5) is 0 Å². The number of rotatable bonds is 12. The summed E-state index contributed by atoms with van der Waals surface area (Å²) in [5.74, 6) is -0.742. The fourth-order valence-electron chi connectivity index (χ4n) is 11.0. The van der Waals surface area contributed by atoms with Crippen LogP contribution in [-0.2, 0) is 51.0 Å². The lowest BCUT2D eigenvalue weighted by atomic mass is 9.82. The number of aromatic nitrogens is 3. The molecule has 1 N–H and O–H groups in total. The Balaban J connectivity index is 1.22. The second kappa shape index (κ2) is 20.6. The number of carbonyl (C=O) groups is 3. The van der Waals surface area contributed by atoms with E-state index in [1.807, 2.05) is 26.2 Å². The Morgan fingerprint density at radius 3 is 2.65 bits per heavy atom.